The smallest absolute Gasteiger partial charge is 0.275 e. The van der Waals surface area contributed by atoms with E-state index < -0.39 is 0 Å². The molecular weight excluding hydrogens is 308 g/mol. The lowest BCUT2D eigenvalue weighted by Gasteiger charge is -2.18. The average Bonchev–Trinajstić information content (AvgIpc) is 2.90. The summed E-state index contributed by atoms with van der Waals surface area (Å²) in [6, 6.07) is 11.6. The van der Waals surface area contributed by atoms with Gasteiger partial charge in [0.1, 0.15) is 5.01 Å². The van der Waals surface area contributed by atoms with Gasteiger partial charge in [0.25, 0.3) is 5.56 Å². The molecule has 0 saturated carbocycles. The molecule has 0 fully saturated rings. The predicted octanol–water partition coefficient (Wildman–Crippen LogP) is 2.99. The molecule has 0 atom stereocenters. The van der Waals surface area contributed by atoms with Crippen LogP contribution < -0.4 is 10.5 Å². The number of rotatable bonds is 5. The molecule has 2 aromatic heterocycles. The Kier molecular flexibility index (Phi) is 4.43. The summed E-state index contributed by atoms with van der Waals surface area (Å²) in [5.74, 6) is 0.509. The zero-order valence-electron chi connectivity index (χ0n) is 13.6. The van der Waals surface area contributed by atoms with Crippen LogP contribution in [0.25, 0.3) is 4.96 Å². The van der Waals surface area contributed by atoms with Crippen LogP contribution in [0.5, 0.6) is 0 Å². The molecule has 2 heterocycles. The van der Waals surface area contributed by atoms with Gasteiger partial charge in [-0.15, -0.1) is 0 Å². The third kappa shape index (κ3) is 3.59. The summed E-state index contributed by atoms with van der Waals surface area (Å²) in [6.45, 7) is 4.87. The van der Waals surface area contributed by atoms with Crippen LogP contribution >= 0.6 is 11.3 Å². The maximum atomic E-state index is 12.3. The molecule has 3 aromatic rings. The van der Waals surface area contributed by atoms with Crippen molar-refractivity contribution >= 4 is 22.0 Å². The van der Waals surface area contributed by atoms with E-state index in [4.69, 9.17) is 0 Å². The normalized spacial score (nSPS) is 11.3. The monoisotopic (exact) mass is 328 g/mol. The second-order valence-corrected chi connectivity index (χ2v) is 7.11. The number of aromatic nitrogens is 3. The Morgan fingerprint density at radius 3 is 2.70 bits per heavy atom. The van der Waals surface area contributed by atoms with Crippen molar-refractivity contribution in [2.45, 2.75) is 26.8 Å². The highest BCUT2D eigenvalue weighted by Gasteiger charge is 2.11. The first-order valence-corrected chi connectivity index (χ1v) is 8.49. The fourth-order valence-electron chi connectivity index (χ4n) is 2.43. The Morgan fingerprint density at radius 2 is 2.00 bits per heavy atom. The minimum Gasteiger partial charge on any atom is -0.369 e. The van der Waals surface area contributed by atoms with Crippen molar-refractivity contribution in [3.63, 3.8) is 0 Å². The number of nitrogens with zero attached hydrogens (tertiary/aromatic N) is 4. The summed E-state index contributed by atoms with van der Waals surface area (Å²) in [4.78, 5) is 19.6. The van der Waals surface area contributed by atoms with E-state index >= 15 is 0 Å². The second-order valence-electron chi connectivity index (χ2n) is 6.07. The molecule has 0 bridgehead atoms. The first kappa shape index (κ1) is 15.7. The van der Waals surface area contributed by atoms with E-state index in [1.54, 1.807) is 6.07 Å². The van der Waals surface area contributed by atoms with Crippen LogP contribution in [0.1, 0.15) is 24.5 Å². The zero-order chi connectivity index (χ0) is 16.4. The Labute approximate surface area is 139 Å². The lowest BCUT2D eigenvalue weighted by molar-refractivity contribution is 0.635. The minimum atomic E-state index is -0.113. The van der Waals surface area contributed by atoms with Crippen LogP contribution in [0.4, 0.5) is 5.69 Å². The van der Waals surface area contributed by atoms with Gasteiger partial charge in [-0.25, -0.2) is 4.98 Å². The summed E-state index contributed by atoms with van der Waals surface area (Å²) in [7, 11) is 2.00. The molecule has 5 nitrogen and oxygen atoms in total. The molecule has 0 unspecified atom stereocenters. The van der Waals surface area contributed by atoms with E-state index in [0.717, 1.165) is 22.8 Å². The summed E-state index contributed by atoms with van der Waals surface area (Å²) in [6.07, 6.45) is 0.868. The standard InChI is InChI=1S/C17H20N4OS/c1-12(2)9-15-19-21-16(22)10-13(18-17(21)23-15)11-20(3)14-7-5-4-6-8-14/h4-8,10,12H,9,11H2,1-3H3. The highest BCUT2D eigenvalue weighted by Crippen LogP contribution is 2.17. The van der Waals surface area contributed by atoms with Gasteiger partial charge in [0, 0.05) is 25.2 Å². The fraction of sp³-hybridized carbons (Fsp3) is 0.353. The van der Waals surface area contributed by atoms with Crippen molar-refractivity contribution in [3.8, 4) is 0 Å². The number of anilines is 1. The van der Waals surface area contributed by atoms with E-state index in [1.165, 1.54) is 15.9 Å². The molecule has 6 heteroatoms. The number of hydrogen-bond acceptors (Lipinski definition) is 5. The Balaban J connectivity index is 1.88. The summed E-state index contributed by atoms with van der Waals surface area (Å²) < 4.78 is 1.41. The summed E-state index contributed by atoms with van der Waals surface area (Å²) in [5, 5.41) is 5.33. The Bertz CT molecular complexity index is 854. The van der Waals surface area contributed by atoms with Crippen molar-refractivity contribution in [3.05, 3.63) is 57.5 Å². The van der Waals surface area contributed by atoms with Crippen molar-refractivity contribution < 1.29 is 0 Å². The molecule has 1 aromatic carbocycles. The van der Waals surface area contributed by atoms with Crippen molar-refractivity contribution in [2.24, 2.45) is 5.92 Å². The number of benzene rings is 1. The van der Waals surface area contributed by atoms with Crippen LogP contribution in [-0.4, -0.2) is 21.6 Å². The van der Waals surface area contributed by atoms with Crippen LogP contribution in [0.15, 0.2) is 41.2 Å². The van der Waals surface area contributed by atoms with Gasteiger partial charge >= 0.3 is 0 Å². The molecule has 0 spiro atoms. The van der Waals surface area contributed by atoms with Gasteiger partial charge in [0.2, 0.25) is 4.96 Å². The van der Waals surface area contributed by atoms with Gasteiger partial charge in [-0.05, 0) is 18.1 Å². The second kappa shape index (κ2) is 6.50. The maximum absolute atomic E-state index is 12.3. The molecule has 0 aliphatic rings. The molecule has 3 rings (SSSR count). The zero-order valence-corrected chi connectivity index (χ0v) is 14.4. The molecule has 0 amide bonds. The first-order valence-electron chi connectivity index (χ1n) is 7.68. The van der Waals surface area contributed by atoms with Crippen LogP contribution in [0, 0.1) is 5.92 Å². The lowest BCUT2D eigenvalue weighted by atomic mass is 10.1. The molecule has 120 valence electrons. The van der Waals surface area contributed by atoms with E-state index in [-0.39, 0.29) is 5.56 Å². The highest BCUT2D eigenvalue weighted by atomic mass is 32.1. The predicted molar refractivity (Wildman–Crippen MR) is 94.2 cm³/mol. The minimum absolute atomic E-state index is 0.113. The Morgan fingerprint density at radius 1 is 1.26 bits per heavy atom. The first-order chi connectivity index (χ1) is 11.0. The van der Waals surface area contributed by atoms with Gasteiger partial charge in [0.15, 0.2) is 0 Å². The van der Waals surface area contributed by atoms with Gasteiger partial charge < -0.3 is 4.90 Å². The van der Waals surface area contributed by atoms with Crippen molar-refractivity contribution in [1.29, 1.82) is 0 Å². The number of fused-ring (bicyclic) bond motifs is 1. The van der Waals surface area contributed by atoms with E-state index in [9.17, 15) is 4.79 Å². The molecule has 0 saturated heterocycles. The third-order valence-electron chi connectivity index (χ3n) is 3.52. The van der Waals surface area contributed by atoms with Gasteiger partial charge in [-0.3, -0.25) is 4.79 Å². The highest BCUT2D eigenvalue weighted by molar-refractivity contribution is 7.16. The van der Waals surface area contributed by atoms with Crippen LogP contribution in [0.2, 0.25) is 0 Å². The fourth-order valence-corrected chi connectivity index (χ4v) is 3.56. The topological polar surface area (TPSA) is 50.5 Å². The van der Waals surface area contributed by atoms with Crippen molar-refractivity contribution in [1.82, 2.24) is 14.6 Å². The molecular formula is C17H20N4OS. The van der Waals surface area contributed by atoms with E-state index in [0.29, 0.717) is 17.4 Å². The maximum Gasteiger partial charge on any atom is 0.275 e. The van der Waals surface area contributed by atoms with Gasteiger partial charge in [-0.2, -0.15) is 9.61 Å². The van der Waals surface area contributed by atoms with Crippen LogP contribution in [0.3, 0.4) is 0 Å². The van der Waals surface area contributed by atoms with Crippen LogP contribution in [-0.2, 0) is 13.0 Å². The molecule has 0 aliphatic heterocycles. The van der Waals surface area contributed by atoms with Gasteiger partial charge in [-0.1, -0.05) is 43.4 Å². The molecule has 23 heavy (non-hydrogen) atoms. The lowest BCUT2D eigenvalue weighted by Crippen LogP contribution is -2.21. The quantitative estimate of drug-likeness (QED) is 0.722. The third-order valence-corrected chi connectivity index (χ3v) is 4.45. The number of para-hydroxylation sites is 1. The van der Waals surface area contributed by atoms with Crippen molar-refractivity contribution in [2.75, 3.05) is 11.9 Å². The Hall–Kier alpha value is -2.21. The largest absolute Gasteiger partial charge is 0.369 e. The SMILES string of the molecule is CC(C)Cc1nn2c(=O)cc(CN(C)c3ccccc3)nc2s1. The molecule has 0 radical (unpaired) electrons. The van der Waals surface area contributed by atoms with Gasteiger partial charge in [0.05, 0.1) is 12.2 Å². The van der Waals surface area contributed by atoms with E-state index in [1.807, 2.05) is 37.4 Å². The number of hydrogen-bond donors (Lipinski definition) is 0. The summed E-state index contributed by atoms with van der Waals surface area (Å²) >= 11 is 1.50. The molecule has 0 N–H and O–H groups in total. The molecule has 0 aliphatic carbocycles. The van der Waals surface area contributed by atoms with E-state index in [2.05, 4.69) is 28.8 Å². The summed E-state index contributed by atoms with van der Waals surface area (Å²) in [5.41, 5.74) is 1.75. The average molecular weight is 328 g/mol.